The van der Waals surface area contributed by atoms with Gasteiger partial charge in [-0.25, -0.2) is 0 Å². The zero-order chi connectivity index (χ0) is 14.4. The van der Waals surface area contributed by atoms with Crippen molar-refractivity contribution in [3.8, 4) is 0 Å². The number of Topliss-reactive ketones (excluding diaryl/α,β-unsaturated/α-hetero) is 1. The van der Waals surface area contributed by atoms with Crippen LogP contribution >= 0.6 is 0 Å². The molecule has 2 atom stereocenters. The molecule has 0 bridgehead atoms. The van der Waals surface area contributed by atoms with Crippen LogP contribution in [0.4, 0.5) is 0 Å². The first-order valence-electron chi connectivity index (χ1n) is 6.62. The Morgan fingerprint density at radius 1 is 1.00 bits per heavy atom. The van der Waals surface area contributed by atoms with Gasteiger partial charge in [0.15, 0.2) is 5.78 Å². The van der Waals surface area contributed by atoms with Gasteiger partial charge < -0.3 is 10.1 Å². The molecule has 0 aliphatic carbocycles. The monoisotopic (exact) mass is 269 g/mol. The summed E-state index contributed by atoms with van der Waals surface area (Å²) in [7, 11) is 3.40. The molecule has 20 heavy (non-hydrogen) atoms. The highest BCUT2D eigenvalue weighted by atomic mass is 16.5. The van der Waals surface area contributed by atoms with Gasteiger partial charge in [-0.05, 0) is 12.6 Å². The summed E-state index contributed by atoms with van der Waals surface area (Å²) < 4.78 is 5.55. The van der Waals surface area contributed by atoms with Crippen LogP contribution in [0, 0.1) is 0 Å². The molecule has 0 radical (unpaired) electrons. The number of methoxy groups -OCH3 is 1. The standard InChI is InChI=1S/C17H19NO2/c1-18-15(16(19)13-9-5-3-6-10-13)17(20-2)14-11-7-4-8-12-14/h3-12,15,17-18H,1-2H3/t15-,17-/m1/s1. The third-order valence-electron chi connectivity index (χ3n) is 3.34. The molecule has 2 aromatic carbocycles. The fourth-order valence-corrected chi connectivity index (χ4v) is 2.31. The van der Waals surface area contributed by atoms with Crippen LogP contribution in [0.2, 0.25) is 0 Å². The fourth-order valence-electron chi connectivity index (χ4n) is 2.31. The number of nitrogens with one attached hydrogen (secondary N) is 1. The van der Waals surface area contributed by atoms with Gasteiger partial charge in [0.2, 0.25) is 0 Å². The van der Waals surface area contributed by atoms with Gasteiger partial charge in [0.25, 0.3) is 0 Å². The summed E-state index contributed by atoms with van der Waals surface area (Å²) in [6.07, 6.45) is -0.311. The number of carbonyl (C=O) groups is 1. The van der Waals surface area contributed by atoms with Gasteiger partial charge in [0.1, 0.15) is 12.1 Å². The Balaban J connectivity index is 2.29. The smallest absolute Gasteiger partial charge is 0.182 e. The van der Waals surface area contributed by atoms with E-state index in [1.54, 1.807) is 14.2 Å². The summed E-state index contributed by atoms with van der Waals surface area (Å²) in [5, 5.41) is 3.08. The second-order valence-corrected chi connectivity index (χ2v) is 4.56. The zero-order valence-corrected chi connectivity index (χ0v) is 11.7. The molecule has 0 aliphatic heterocycles. The lowest BCUT2D eigenvalue weighted by atomic mass is 9.95. The first-order chi connectivity index (χ1) is 9.77. The van der Waals surface area contributed by atoms with E-state index in [1.165, 1.54) is 0 Å². The number of ether oxygens (including phenoxy) is 1. The normalized spacial score (nSPS) is 13.7. The molecule has 1 N–H and O–H groups in total. The molecular formula is C17H19NO2. The minimum absolute atomic E-state index is 0.0313. The van der Waals surface area contributed by atoms with E-state index in [0.29, 0.717) is 5.56 Å². The second kappa shape index (κ2) is 6.98. The molecule has 0 fully saturated rings. The summed E-state index contributed by atoms with van der Waals surface area (Å²) in [4.78, 5) is 12.6. The average Bonchev–Trinajstić information content (AvgIpc) is 2.53. The third kappa shape index (κ3) is 3.13. The molecule has 0 saturated carbocycles. The van der Waals surface area contributed by atoms with Crippen molar-refractivity contribution >= 4 is 5.78 Å². The zero-order valence-electron chi connectivity index (χ0n) is 11.7. The summed E-state index contributed by atoms with van der Waals surface area (Å²) in [5.74, 6) is 0.0313. The number of carbonyl (C=O) groups excluding carboxylic acids is 1. The van der Waals surface area contributed by atoms with E-state index in [-0.39, 0.29) is 11.9 Å². The van der Waals surface area contributed by atoms with Gasteiger partial charge >= 0.3 is 0 Å². The first kappa shape index (κ1) is 14.4. The molecule has 2 aromatic rings. The van der Waals surface area contributed by atoms with E-state index < -0.39 is 6.04 Å². The number of rotatable bonds is 6. The molecule has 0 saturated heterocycles. The minimum Gasteiger partial charge on any atom is -0.375 e. The number of hydrogen-bond donors (Lipinski definition) is 1. The van der Waals surface area contributed by atoms with Gasteiger partial charge in [-0.1, -0.05) is 60.7 Å². The van der Waals surface area contributed by atoms with Crippen molar-refractivity contribution in [2.75, 3.05) is 14.2 Å². The third-order valence-corrected chi connectivity index (χ3v) is 3.34. The maximum absolute atomic E-state index is 12.6. The van der Waals surface area contributed by atoms with Crippen molar-refractivity contribution in [3.63, 3.8) is 0 Å². The molecular weight excluding hydrogens is 250 g/mol. The second-order valence-electron chi connectivity index (χ2n) is 4.56. The SMILES string of the molecule is CN[C@H](C(=O)c1ccccc1)[C@H](OC)c1ccccc1. The van der Waals surface area contributed by atoms with Crippen molar-refractivity contribution in [1.82, 2.24) is 5.32 Å². The van der Waals surface area contributed by atoms with Gasteiger partial charge in [-0.2, -0.15) is 0 Å². The van der Waals surface area contributed by atoms with Gasteiger partial charge in [-0.3, -0.25) is 4.79 Å². The van der Waals surface area contributed by atoms with E-state index >= 15 is 0 Å². The number of ketones is 1. The molecule has 0 spiro atoms. The fraction of sp³-hybridized carbons (Fsp3) is 0.235. The van der Waals surface area contributed by atoms with E-state index in [2.05, 4.69) is 5.32 Å². The largest absolute Gasteiger partial charge is 0.375 e. The van der Waals surface area contributed by atoms with E-state index in [9.17, 15) is 4.79 Å². The lowest BCUT2D eigenvalue weighted by molar-refractivity contribution is 0.0565. The quantitative estimate of drug-likeness (QED) is 0.819. The summed E-state index contributed by atoms with van der Waals surface area (Å²) in [6.45, 7) is 0. The highest BCUT2D eigenvalue weighted by Crippen LogP contribution is 2.23. The maximum Gasteiger partial charge on any atom is 0.182 e. The topological polar surface area (TPSA) is 38.3 Å². The Morgan fingerprint density at radius 2 is 1.55 bits per heavy atom. The molecule has 2 rings (SSSR count). The summed E-state index contributed by atoms with van der Waals surface area (Å²) in [6, 6.07) is 18.6. The highest BCUT2D eigenvalue weighted by Gasteiger charge is 2.28. The minimum atomic E-state index is -0.412. The van der Waals surface area contributed by atoms with Gasteiger partial charge in [0, 0.05) is 12.7 Å². The van der Waals surface area contributed by atoms with Crippen molar-refractivity contribution in [1.29, 1.82) is 0 Å². The molecule has 3 nitrogen and oxygen atoms in total. The van der Waals surface area contributed by atoms with Crippen LogP contribution in [0.15, 0.2) is 60.7 Å². The number of likely N-dealkylation sites (N-methyl/N-ethyl adjacent to an activating group) is 1. The van der Waals surface area contributed by atoms with Crippen LogP contribution in [0.1, 0.15) is 22.0 Å². The molecule has 0 amide bonds. The average molecular weight is 269 g/mol. The maximum atomic E-state index is 12.6. The van der Waals surface area contributed by atoms with E-state index in [0.717, 1.165) is 5.56 Å². The summed E-state index contributed by atoms with van der Waals surface area (Å²) >= 11 is 0. The molecule has 0 heterocycles. The van der Waals surface area contributed by atoms with Crippen molar-refractivity contribution in [2.24, 2.45) is 0 Å². The van der Waals surface area contributed by atoms with E-state index in [4.69, 9.17) is 4.74 Å². The van der Waals surface area contributed by atoms with Gasteiger partial charge in [0.05, 0.1) is 0 Å². The van der Waals surface area contributed by atoms with Crippen molar-refractivity contribution in [3.05, 3.63) is 71.8 Å². The lowest BCUT2D eigenvalue weighted by Crippen LogP contribution is -2.40. The Bertz CT molecular complexity index is 539. The van der Waals surface area contributed by atoms with Crippen LogP contribution in [-0.4, -0.2) is 26.0 Å². The van der Waals surface area contributed by atoms with Crippen molar-refractivity contribution < 1.29 is 9.53 Å². The molecule has 0 unspecified atom stereocenters. The Labute approximate surface area is 119 Å². The van der Waals surface area contributed by atoms with E-state index in [1.807, 2.05) is 60.7 Å². The van der Waals surface area contributed by atoms with Crippen LogP contribution in [0.5, 0.6) is 0 Å². The number of hydrogen-bond acceptors (Lipinski definition) is 3. The first-order valence-corrected chi connectivity index (χ1v) is 6.62. The van der Waals surface area contributed by atoms with Crippen LogP contribution in [0.3, 0.4) is 0 Å². The van der Waals surface area contributed by atoms with Crippen molar-refractivity contribution in [2.45, 2.75) is 12.1 Å². The molecule has 0 aliphatic rings. The van der Waals surface area contributed by atoms with Crippen LogP contribution in [-0.2, 0) is 4.74 Å². The predicted octanol–water partition coefficient (Wildman–Crippen LogP) is 2.85. The molecule has 104 valence electrons. The van der Waals surface area contributed by atoms with Crippen LogP contribution < -0.4 is 5.32 Å². The number of benzene rings is 2. The summed E-state index contributed by atoms with van der Waals surface area (Å²) in [5.41, 5.74) is 1.67. The predicted molar refractivity (Wildman–Crippen MR) is 79.8 cm³/mol. The Hall–Kier alpha value is -1.97. The lowest BCUT2D eigenvalue weighted by Gasteiger charge is -2.25. The van der Waals surface area contributed by atoms with Gasteiger partial charge in [-0.15, -0.1) is 0 Å². The molecule has 3 heteroatoms. The molecule has 0 aromatic heterocycles. The highest BCUT2D eigenvalue weighted by molar-refractivity contribution is 6.00. The Kier molecular flexibility index (Phi) is 5.04. The van der Waals surface area contributed by atoms with Crippen LogP contribution in [0.25, 0.3) is 0 Å². The Morgan fingerprint density at radius 3 is 2.05 bits per heavy atom.